The number of piperidine rings is 1. The molecule has 6 heteroatoms. The Morgan fingerprint density at radius 2 is 1.96 bits per heavy atom. The number of hydrogen-bond donors (Lipinski definition) is 1. The predicted molar refractivity (Wildman–Crippen MR) is 99.2 cm³/mol. The minimum absolute atomic E-state index is 0.0327. The number of carbonyl (C=O) groups is 2. The molecule has 2 aliphatic heterocycles. The van der Waals surface area contributed by atoms with E-state index in [1.165, 1.54) is 5.69 Å². The zero-order chi connectivity index (χ0) is 19.0. The SMILES string of the molecule is CC(C)(C)c1cccc([C@H]2[C@@H]3CN(C(=O)C4CC5(COC(=O)N5)C4)C[C@@H]32)n1. The third kappa shape index (κ3) is 2.72. The number of cyclic esters (lactones) is 1. The van der Waals surface area contributed by atoms with E-state index in [4.69, 9.17) is 9.72 Å². The summed E-state index contributed by atoms with van der Waals surface area (Å²) < 4.78 is 5.00. The van der Waals surface area contributed by atoms with Gasteiger partial charge in [0.15, 0.2) is 0 Å². The first-order valence-corrected chi connectivity index (χ1v) is 9.97. The highest BCUT2D eigenvalue weighted by Gasteiger charge is 2.60. The average Bonchev–Trinajstić information content (AvgIpc) is 2.93. The Morgan fingerprint density at radius 1 is 1.26 bits per heavy atom. The Bertz CT molecular complexity index is 797. The molecule has 0 aromatic carbocycles. The lowest BCUT2D eigenvalue weighted by Crippen LogP contribution is -2.58. The summed E-state index contributed by atoms with van der Waals surface area (Å²) in [5, 5.41) is 2.87. The first-order valence-electron chi connectivity index (χ1n) is 9.97. The third-order valence-electron chi connectivity index (χ3n) is 6.86. The van der Waals surface area contributed by atoms with Crippen LogP contribution >= 0.6 is 0 Å². The molecule has 6 nitrogen and oxygen atoms in total. The molecule has 4 aliphatic rings. The molecule has 0 unspecified atom stereocenters. The Labute approximate surface area is 159 Å². The molecule has 0 bridgehead atoms. The van der Waals surface area contributed by atoms with Gasteiger partial charge in [-0.3, -0.25) is 9.78 Å². The van der Waals surface area contributed by atoms with Crippen molar-refractivity contribution < 1.29 is 14.3 Å². The van der Waals surface area contributed by atoms with Crippen LogP contribution < -0.4 is 5.32 Å². The van der Waals surface area contributed by atoms with Crippen molar-refractivity contribution in [2.45, 2.75) is 50.5 Å². The molecule has 3 heterocycles. The maximum absolute atomic E-state index is 12.8. The van der Waals surface area contributed by atoms with Crippen molar-refractivity contribution in [1.29, 1.82) is 0 Å². The van der Waals surface area contributed by atoms with Gasteiger partial charge in [0.05, 0.1) is 5.54 Å². The van der Waals surface area contributed by atoms with E-state index in [-0.39, 0.29) is 28.9 Å². The second-order valence-electron chi connectivity index (χ2n) is 9.88. The summed E-state index contributed by atoms with van der Waals surface area (Å²) in [5.74, 6) is 1.90. The number of nitrogens with one attached hydrogen (secondary N) is 1. The normalized spacial score (nSPS) is 36.9. The minimum Gasteiger partial charge on any atom is -0.447 e. The van der Waals surface area contributed by atoms with Gasteiger partial charge in [0.1, 0.15) is 6.61 Å². The van der Waals surface area contributed by atoms with E-state index >= 15 is 0 Å². The fraction of sp³-hybridized carbons (Fsp3) is 0.667. The zero-order valence-corrected chi connectivity index (χ0v) is 16.2. The van der Waals surface area contributed by atoms with Gasteiger partial charge in [0.2, 0.25) is 5.91 Å². The second-order valence-corrected chi connectivity index (χ2v) is 9.88. The number of aromatic nitrogens is 1. The number of amides is 2. The molecule has 2 saturated heterocycles. The molecule has 3 atom stereocenters. The van der Waals surface area contributed by atoms with Crippen LogP contribution in [0.15, 0.2) is 18.2 Å². The van der Waals surface area contributed by atoms with E-state index < -0.39 is 0 Å². The molecule has 1 aromatic rings. The van der Waals surface area contributed by atoms with Crippen LogP contribution in [0.3, 0.4) is 0 Å². The number of fused-ring (bicyclic) bond motifs is 1. The number of nitrogens with zero attached hydrogens (tertiary/aromatic N) is 2. The lowest BCUT2D eigenvalue weighted by atomic mass is 9.68. The van der Waals surface area contributed by atoms with Gasteiger partial charge < -0.3 is 15.0 Å². The number of pyridine rings is 1. The molecule has 2 amide bonds. The standard InChI is InChI=1S/C21H27N3O3/c1-20(2,3)16-6-4-5-15(22-16)17-13-9-24(10-14(13)17)18(25)12-7-21(8-12)11-27-19(26)23-21/h4-6,12-14,17H,7-11H2,1-3H3,(H,23,26)/t12?,13-,14+,17+,21?. The highest BCUT2D eigenvalue weighted by Crippen LogP contribution is 2.58. The Balaban J connectivity index is 1.18. The topological polar surface area (TPSA) is 71.5 Å². The van der Waals surface area contributed by atoms with Gasteiger partial charge in [-0.1, -0.05) is 26.8 Å². The van der Waals surface area contributed by atoms with E-state index in [0.29, 0.717) is 37.2 Å². The van der Waals surface area contributed by atoms with Crippen molar-refractivity contribution in [2.75, 3.05) is 19.7 Å². The summed E-state index contributed by atoms with van der Waals surface area (Å²) in [7, 11) is 0. The van der Waals surface area contributed by atoms with Crippen molar-refractivity contribution in [3.63, 3.8) is 0 Å². The van der Waals surface area contributed by atoms with E-state index in [9.17, 15) is 9.59 Å². The van der Waals surface area contributed by atoms with Crippen molar-refractivity contribution in [2.24, 2.45) is 17.8 Å². The van der Waals surface area contributed by atoms with E-state index in [1.54, 1.807) is 0 Å². The average molecular weight is 369 g/mol. The molecular formula is C21H27N3O3. The molecule has 27 heavy (non-hydrogen) atoms. The molecule has 0 radical (unpaired) electrons. The van der Waals surface area contributed by atoms with Crippen LogP contribution in [0.25, 0.3) is 0 Å². The second kappa shape index (κ2) is 5.46. The van der Waals surface area contributed by atoms with Gasteiger partial charge in [-0.05, 0) is 36.8 Å². The number of hydrogen-bond acceptors (Lipinski definition) is 4. The zero-order valence-electron chi connectivity index (χ0n) is 16.2. The number of alkyl carbamates (subject to hydrolysis) is 1. The highest BCUT2D eigenvalue weighted by atomic mass is 16.6. The molecule has 4 fully saturated rings. The molecule has 2 saturated carbocycles. The van der Waals surface area contributed by atoms with Gasteiger partial charge in [0, 0.05) is 41.7 Å². The smallest absolute Gasteiger partial charge is 0.407 e. The first-order chi connectivity index (χ1) is 12.8. The van der Waals surface area contributed by atoms with Crippen LogP contribution in [0.2, 0.25) is 0 Å². The maximum Gasteiger partial charge on any atom is 0.407 e. The van der Waals surface area contributed by atoms with Crippen LogP contribution in [0.4, 0.5) is 4.79 Å². The third-order valence-corrected chi connectivity index (χ3v) is 6.86. The summed E-state index contributed by atoms with van der Waals surface area (Å²) in [6.07, 6.45) is 1.07. The molecule has 1 spiro atoms. The van der Waals surface area contributed by atoms with Crippen molar-refractivity contribution >= 4 is 12.0 Å². The van der Waals surface area contributed by atoms with Crippen LogP contribution in [-0.4, -0.2) is 47.1 Å². The summed E-state index contributed by atoms with van der Waals surface area (Å²) in [6.45, 7) is 8.67. The molecule has 1 N–H and O–H groups in total. The number of ether oxygens (including phenoxy) is 1. The number of carbonyl (C=O) groups excluding carboxylic acids is 2. The largest absolute Gasteiger partial charge is 0.447 e. The Morgan fingerprint density at radius 3 is 2.56 bits per heavy atom. The van der Waals surface area contributed by atoms with Crippen LogP contribution in [0.5, 0.6) is 0 Å². The van der Waals surface area contributed by atoms with Crippen molar-refractivity contribution in [3.8, 4) is 0 Å². The lowest BCUT2D eigenvalue weighted by molar-refractivity contribution is -0.140. The van der Waals surface area contributed by atoms with Gasteiger partial charge in [-0.2, -0.15) is 0 Å². The van der Waals surface area contributed by atoms with E-state index in [2.05, 4.69) is 44.3 Å². The number of likely N-dealkylation sites (tertiary alicyclic amines) is 1. The van der Waals surface area contributed by atoms with Crippen LogP contribution in [-0.2, 0) is 14.9 Å². The van der Waals surface area contributed by atoms with E-state index in [1.807, 2.05) is 4.90 Å². The van der Waals surface area contributed by atoms with Gasteiger partial charge >= 0.3 is 6.09 Å². The minimum atomic E-state index is -0.351. The summed E-state index contributed by atoms with van der Waals surface area (Å²) in [6, 6.07) is 6.37. The highest BCUT2D eigenvalue weighted by molar-refractivity contribution is 5.82. The fourth-order valence-corrected chi connectivity index (χ4v) is 5.23. The quantitative estimate of drug-likeness (QED) is 0.869. The van der Waals surface area contributed by atoms with Gasteiger partial charge in [-0.25, -0.2) is 4.79 Å². The molecule has 1 aromatic heterocycles. The Kier molecular flexibility index (Phi) is 3.44. The van der Waals surface area contributed by atoms with E-state index in [0.717, 1.165) is 18.8 Å². The lowest BCUT2D eigenvalue weighted by Gasteiger charge is -2.43. The molecule has 2 aliphatic carbocycles. The van der Waals surface area contributed by atoms with Crippen molar-refractivity contribution in [1.82, 2.24) is 15.2 Å². The Hall–Kier alpha value is -2.11. The summed E-state index contributed by atoms with van der Waals surface area (Å²) in [4.78, 5) is 31.0. The van der Waals surface area contributed by atoms with Crippen LogP contribution in [0.1, 0.15) is 50.9 Å². The van der Waals surface area contributed by atoms with Crippen molar-refractivity contribution in [3.05, 3.63) is 29.6 Å². The molecule has 5 rings (SSSR count). The summed E-state index contributed by atoms with van der Waals surface area (Å²) >= 11 is 0. The first kappa shape index (κ1) is 17.0. The monoisotopic (exact) mass is 369 g/mol. The van der Waals surface area contributed by atoms with Gasteiger partial charge in [0.25, 0.3) is 0 Å². The molecular weight excluding hydrogens is 342 g/mol. The van der Waals surface area contributed by atoms with Crippen LogP contribution in [0, 0.1) is 17.8 Å². The summed E-state index contributed by atoms with van der Waals surface area (Å²) in [5.41, 5.74) is 2.11. The predicted octanol–water partition coefficient (Wildman–Crippen LogP) is 2.44. The maximum atomic E-state index is 12.8. The molecule has 144 valence electrons. The van der Waals surface area contributed by atoms with Gasteiger partial charge in [-0.15, -0.1) is 0 Å². The fourth-order valence-electron chi connectivity index (χ4n) is 5.23. The number of rotatable bonds is 2.